The molecule has 0 bridgehead atoms. The van der Waals surface area contributed by atoms with Crippen LogP contribution in [0.15, 0.2) is 0 Å². The van der Waals surface area contributed by atoms with E-state index < -0.39 is 54.3 Å². The number of aliphatic hydroxyl groups is 2. The summed E-state index contributed by atoms with van der Waals surface area (Å²) >= 11 is 3.38. The van der Waals surface area contributed by atoms with E-state index >= 15 is 0 Å². The number of carbonyl (C=O) groups is 4. The van der Waals surface area contributed by atoms with E-state index in [1.54, 1.807) is 0 Å². The number of carbonyl (C=O) groups excluding carboxylic acids is 4. The summed E-state index contributed by atoms with van der Waals surface area (Å²) in [5.41, 5.74) is -3.80. The van der Waals surface area contributed by atoms with Crippen LogP contribution in [-0.4, -0.2) is 89.2 Å². The van der Waals surface area contributed by atoms with Crippen LogP contribution in [0.4, 0.5) is 0 Å². The Morgan fingerprint density at radius 1 is 0.473 bits per heavy atom. The predicted octanol–water partition coefficient (Wildman–Crippen LogP) is 10.1. The molecule has 55 heavy (non-hydrogen) atoms. The van der Waals surface area contributed by atoms with Gasteiger partial charge in [-0.15, -0.1) is 0 Å². The van der Waals surface area contributed by atoms with E-state index in [0.717, 1.165) is 64.2 Å². The van der Waals surface area contributed by atoms with Gasteiger partial charge < -0.3 is 0 Å². The Morgan fingerprint density at radius 2 is 0.782 bits per heavy atom. The van der Waals surface area contributed by atoms with Crippen LogP contribution in [0.25, 0.3) is 0 Å². The predicted molar refractivity (Wildman–Crippen MR) is 230 cm³/mol. The molecule has 0 heterocycles. The van der Waals surface area contributed by atoms with Gasteiger partial charge in [0.2, 0.25) is 0 Å². The Labute approximate surface area is 350 Å². The molecule has 0 amide bonds. The quantitative estimate of drug-likeness (QED) is 0.0204. The second kappa shape index (κ2) is 34.2. The van der Waals surface area contributed by atoms with Gasteiger partial charge in [-0.3, -0.25) is 0 Å². The van der Waals surface area contributed by atoms with Crippen LogP contribution in [0, 0.1) is 0 Å². The van der Waals surface area contributed by atoms with Crippen molar-refractivity contribution in [3.8, 4) is 0 Å². The molecule has 324 valence electrons. The smallest absolute Gasteiger partial charge is 0.0654 e. The second-order valence-corrected chi connectivity index (χ2v) is 25.4. The number of hydrogen-bond donors (Lipinski definition) is 4. The molecular weight excluding hydrogens is 847 g/mol. The molecule has 2 atom stereocenters. The van der Waals surface area contributed by atoms with Crippen molar-refractivity contribution in [1.82, 2.24) is 0 Å². The zero-order valence-electron chi connectivity index (χ0n) is 35.2. The van der Waals surface area contributed by atoms with Gasteiger partial charge in [0.15, 0.2) is 0 Å². The fraction of sp³-hybridized carbons (Fsp3) is 0.905. The van der Waals surface area contributed by atoms with E-state index in [2.05, 4.69) is 39.1 Å². The van der Waals surface area contributed by atoms with E-state index in [-0.39, 0.29) is 72.1 Å². The molecule has 0 spiro atoms. The van der Waals surface area contributed by atoms with E-state index in [9.17, 15) is 29.4 Å². The van der Waals surface area contributed by atoms with E-state index in [1.165, 1.54) is 38.5 Å². The van der Waals surface area contributed by atoms with Gasteiger partial charge in [0.25, 0.3) is 0 Å². The molecule has 10 nitrogen and oxygen atoms in total. The minimum absolute atomic E-state index is 0.0154. The zero-order valence-corrected chi connectivity index (χ0v) is 39.8. The molecular formula is C42H80O10S2Sn. The van der Waals surface area contributed by atoms with E-state index in [1.807, 2.05) is 13.8 Å². The van der Waals surface area contributed by atoms with Crippen LogP contribution in [0.5, 0.6) is 0 Å². The fourth-order valence-corrected chi connectivity index (χ4v) is 15.5. The van der Waals surface area contributed by atoms with Crippen LogP contribution in [0.1, 0.15) is 195 Å². The molecule has 0 aliphatic rings. The monoisotopic (exact) mass is 928 g/mol. The van der Waals surface area contributed by atoms with Gasteiger partial charge in [-0.05, 0) is 0 Å². The van der Waals surface area contributed by atoms with Crippen molar-refractivity contribution in [2.75, 3.05) is 24.7 Å². The van der Waals surface area contributed by atoms with Gasteiger partial charge in [-0.25, -0.2) is 0 Å². The molecule has 0 fully saturated rings. The Kier molecular flexibility index (Phi) is 33.8. The van der Waals surface area contributed by atoms with Crippen molar-refractivity contribution in [2.24, 2.45) is 0 Å². The van der Waals surface area contributed by atoms with Gasteiger partial charge >= 0.3 is 339 Å². The van der Waals surface area contributed by atoms with Crippen LogP contribution >= 0.6 is 25.3 Å². The van der Waals surface area contributed by atoms with Gasteiger partial charge in [0.05, 0.1) is 0 Å². The third-order valence-corrected chi connectivity index (χ3v) is 19.6. The normalized spacial score (nSPS) is 13.8. The number of unbranched alkanes of at least 4 members (excludes halogenated alkanes) is 16. The first-order valence-corrected chi connectivity index (χ1v) is 29.5. The maximum absolute atomic E-state index is 14.2. The SMILES string of the molecule is CCCCCCCCCCC(O)(CCS)C(=O)[O][Sn]([CH2]CC(=O)OCCCC)([CH2]CC(=O)OCCCC)[O]C(=O)C(O)(CCS)CCCCCCCCCC. The Morgan fingerprint density at radius 3 is 1.09 bits per heavy atom. The molecule has 0 aromatic carbocycles. The standard InChI is InChI=1S/2C14H28O3S.2C7H13O2.Sn/c2*1-2-3-4-5-6-7-8-9-10-14(17,11-12-18)13(15)16;2*1-3-5-6-9-7(8)4-2;/h2*17-18H,2-12H2,1H3,(H,15,16);2*2-6H2,1H3;/q;;;;+2/p-2. The van der Waals surface area contributed by atoms with Crippen LogP contribution in [-0.2, 0) is 34.8 Å². The van der Waals surface area contributed by atoms with Crippen LogP contribution < -0.4 is 0 Å². The Bertz CT molecular complexity index is 941. The number of hydrogen-bond acceptors (Lipinski definition) is 12. The molecule has 2 N–H and O–H groups in total. The molecule has 0 radical (unpaired) electrons. The van der Waals surface area contributed by atoms with Crippen molar-refractivity contribution < 1.29 is 45.0 Å². The number of rotatable bonds is 38. The van der Waals surface area contributed by atoms with E-state index in [4.69, 9.17) is 15.6 Å². The Balaban J connectivity index is 6.44. The molecule has 0 aliphatic carbocycles. The van der Waals surface area contributed by atoms with Gasteiger partial charge in [-0.2, -0.15) is 0 Å². The van der Waals surface area contributed by atoms with E-state index in [0.29, 0.717) is 25.7 Å². The first-order chi connectivity index (χ1) is 26.4. The van der Waals surface area contributed by atoms with Crippen molar-refractivity contribution in [3.63, 3.8) is 0 Å². The average Bonchev–Trinajstić information content (AvgIpc) is 3.15. The molecule has 13 heteroatoms. The van der Waals surface area contributed by atoms with Gasteiger partial charge in [-0.1, -0.05) is 13.8 Å². The third kappa shape index (κ3) is 26.1. The summed E-state index contributed by atoms with van der Waals surface area (Å²) in [6.45, 7) is 8.77. The summed E-state index contributed by atoms with van der Waals surface area (Å²) in [6.07, 6.45) is 19.4. The minimum Gasteiger partial charge on any atom is -0.0654 e. The second-order valence-electron chi connectivity index (χ2n) is 15.3. The first kappa shape index (κ1) is 54.3. The average molecular weight is 928 g/mol. The van der Waals surface area contributed by atoms with Crippen LogP contribution in [0.3, 0.4) is 0 Å². The summed E-state index contributed by atoms with van der Waals surface area (Å²) in [5.74, 6) is -2.54. The van der Waals surface area contributed by atoms with Crippen LogP contribution in [0.2, 0.25) is 8.87 Å². The Hall–Kier alpha value is -0.701. The summed E-state index contributed by atoms with van der Waals surface area (Å²) in [5, 5.41) is 23.6. The minimum atomic E-state index is -5.29. The molecule has 0 aliphatic heterocycles. The summed E-state index contributed by atoms with van der Waals surface area (Å²) in [7, 11) is 0. The molecule has 0 aromatic heterocycles. The van der Waals surface area contributed by atoms with Gasteiger partial charge in [0, 0.05) is 0 Å². The number of esters is 2. The van der Waals surface area contributed by atoms with Crippen molar-refractivity contribution in [1.29, 1.82) is 0 Å². The topological polar surface area (TPSA) is 146 Å². The summed E-state index contributed by atoms with van der Waals surface area (Å²) in [6, 6.07) is 0. The maximum atomic E-state index is 14.2. The number of ether oxygens (including phenoxy) is 2. The number of thiol groups is 2. The van der Waals surface area contributed by atoms with Crippen molar-refractivity contribution >= 4 is 68.3 Å². The van der Waals surface area contributed by atoms with Crippen molar-refractivity contribution in [2.45, 2.75) is 215 Å². The summed E-state index contributed by atoms with van der Waals surface area (Å²) in [4.78, 5) is 54.2. The molecule has 0 saturated carbocycles. The summed E-state index contributed by atoms with van der Waals surface area (Å²) < 4.78 is 23.1. The molecule has 0 aromatic rings. The third-order valence-electron chi connectivity index (χ3n) is 10.2. The molecule has 0 saturated heterocycles. The fourth-order valence-electron chi connectivity index (χ4n) is 6.40. The zero-order chi connectivity index (χ0) is 41.3. The first-order valence-electron chi connectivity index (χ1n) is 21.9. The molecule has 2 unspecified atom stereocenters. The van der Waals surface area contributed by atoms with Gasteiger partial charge in [0.1, 0.15) is 0 Å². The van der Waals surface area contributed by atoms with Crippen molar-refractivity contribution in [3.05, 3.63) is 0 Å². The molecule has 0 rings (SSSR count).